The molecule has 0 saturated carbocycles. The Labute approximate surface area is 206 Å². The van der Waals surface area contributed by atoms with E-state index in [1.165, 1.54) is 0 Å². The highest BCUT2D eigenvalue weighted by Gasteiger charge is 2.36. The molecular weight excluding hydrogens is 444 g/mol. The maximum Gasteiger partial charge on any atom is 0.407 e. The van der Waals surface area contributed by atoms with Gasteiger partial charge in [0.25, 0.3) is 0 Å². The number of fused-ring (bicyclic) bond motifs is 3. The fourth-order valence-electron chi connectivity index (χ4n) is 5.33. The predicted molar refractivity (Wildman–Crippen MR) is 133 cm³/mol. The van der Waals surface area contributed by atoms with Crippen LogP contribution in [-0.2, 0) is 14.3 Å². The first-order chi connectivity index (χ1) is 16.9. The van der Waals surface area contributed by atoms with Crippen molar-refractivity contribution in [2.24, 2.45) is 5.92 Å². The van der Waals surface area contributed by atoms with Crippen molar-refractivity contribution in [2.45, 2.75) is 64.0 Å². The number of nitrogens with one attached hydrogen (secondary N) is 1. The van der Waals surface area contributed by atoms with Gasteiger partial charge >= 0.3 is 12.1 Å². The van der Waals surface area contributed by atoms with Crippen LogP contribution in [0.15, 0.2) is 48.5 Å². The number of benzene rings is 2. The summed E-state index contributed by atoms with van der Waals surface area (Å²) in [5.41, 5.74) is 4.56. The summed E-state index contributed by atoms with van der Waals surface area (Å²) in [6.07, 6.45) is 2.38. The molecule has 4 rings (SSSR count). The molecule has 1 aliphatic carbocycles. The van der Waals surface area contributed by atoms with Crippen molar-refractivity contribution >= 4 is 18.0 Å². The molecule has 1 heterocycles. The topological polar surface area (TPSA) is 95.9 Å². The minimum Gasteiger partial charge on any atom is -0.481 e. The molecule has 1 saturated heterocycles. The zero-order valence-electron chi connectivity index (χ0n) is 20.4. The van der Waals surface area contributed by atoms with Crippen LogP contribution in [0.4, 0.5) is 4.79 Å². The maximum atomic E-state index is 13.5. The fourth-order valence-corrected chi connectivity index (χ4v) is 5.33. The van der Waals surface area contributed by atoms with Crippen LogP contribution in [0.2, 0.25) is 0 Å². The average molecular weight is 479 g/mol. The Morgan fingerprint density at radius 1 is 1.06 bits per heavy atom. The van der Waals surface area contributed by atoms with E-state index in [4.69, 9.17) is 4.74 Å². The Balaban J connectivity index is 1.45. The number of aliphatic carboxylic acids is 1. The lowest BCUT2D eigenvalue weighted by atomic mass is 9.94. The monoisotopic (exact) mass is 478 g/mol. The fraction of sp³-hybridized carbons (Fsp3) is 0.464. The van der Waals surface area contributed by atoms with E-state index in [1.807, 2.05) is 38.1 Å². The quantitative estimate of drug-likeness (QED) is 0.568. The highest BCUT2D eigenvalue weighted by atomic mass is 16.5. The van der Waals surface area contributed by atoms with Gasteiger partial charge in [-0.3, -0.25) is 9.59 Å². The van der Waals surface area contributed by atoms with Crippen molar-refractivity contribution in [3.8, 4) is 11.1 Å². The number of carbonyl (C=O) groups excluding carboxylic acids is 2. The van der Waals surface area contributed by atoms with Crippen LogP contribution in [0.1, 0.15) is 63.0 Å². The van der Waals surface area contributed by atoms with E-state index in [0.717, 1.165) is 35.1 Å². The van der Waals surface area contributed by atoms with Crippen molar-refractivity contribution in [1.82, 2.24) is 10.2 Å². The first-order valence-corrected chi connectivity index (χ1v) is 12.5. The number of hydrogen-bond donors (Lipinski definition) is 2. The Kier molecular flexibility index (Phi) is 7.73. The molecule has 0 bridgehead atoms. The van der Waals surface area contributed by atoms with Crippen LogP contribution >= 0.6 is 0 Å². The molecule has 2 aliphatic rings. The minimum atomic E-state index is -0.917. The number of carboxylic acids is 1. The molecule has 2 aromatic carbocycles. The average Bonchev–Trinajstić information content (AvgIpc) is 3.19. The lowest BCUT2D eigenvalue weighted by molar-refractivity contribution is -0.143. The van der Waals surface area contributed by atoms with Crippen LogP contribution in [0.5, 0.6) is 0 Å². The number of alkyl carbamates (subject to hydrolysis) is 1. The van der Waals surface area contributed by atoms with Crippen LogP contribution in [0.25, 0.3) is 11.1 Å². The Bertz CT molecular complexity index is 1040. The number of carbonyl (C=O) groups is 3. The lowest BCUT2D eigenvalue weighted by Gasteiger charge is -2.38. The van der Waals surface area contributed by atoms with Gasteiger partial charge in [0.2, 0.25) is 5.91 Å². The normalized spacial score (nSPS) is 18.8. The molecule has 2 N–H and O–H groups in total. The largest absolute Gasteiger partial charge is 0.481 e. The van der Waals surface area contributed by atoms with E-state index in [2.05, 4.69) is 29.6 Å². The van der Waals surface area contributed by atoms with Gasteiger partial charge in [-0.2, -0.15) is 0 Å². The molecule has 0 radical (unpaired) electrons. The smallest absolute Gasteiger partial charge is 0.407 e. The third-order valence-electron chi connectivity index (χ3n) is 7.42. The lowest BCUT2D eigenvalue weighted by Crippen LogP contribution is -2.56. The Morgan fingerprint density at radius 2 is 1.69 bits per heavy atom. The van der Waals surface area contributed by atoms with E-state index in [9.17, 15) is 19.5 Å². The minimum absolute atomic E-state index is 0.0621. The van der Waals surface area contributed by atoms with E-state index in [-0.39, 0.29) is 36.8 Å². The number of ether oxygens (including phenoxy) is 1. The molecular formula is C28H34N2O5. The van der Waals surface area contributed by atoms with Crippen molar-refractivity contribution in [1.29, 1.82) is 0 Å². The van der Waals surface area contributed by atoms with Gasteiger partial charge in [0.15, 0.2) is 0 Å². The number of hydrogen-bond acceptors (Lipinski definition) is 4. The van der Waals surface area contributed by atoms with Crippen LogP contribution < -0.4 is 5.32 Å². The molecule has 1 fully saturated rings. The molecule has 35 heavy (non-hydrogen) atoms. The molecule has 3 atom stereocenters. The first-order valence-electron chi connectivity index (χ1n) is 12.5. The number of piperidine rings is 1. The van der Waals surface area contributed by atoms with Crippen LogP contribution in [-0.4, -0.2) is 53.2 Å². The molecule has 186 valence electrons. The van der Waals surface area contributed by atoms with Gasteiger partial charge < -0.3 is 20.1 Å². The number of rotatable bonds is 8. The van der Waals surface area contributed by atoms with E-state index in [1.54, 1.807) is 4.90 Å². The van der Waals surface area contributed by atoms with E-state index in [0.29, 0.717) is 19.4 Å². The second-order valence-corrected chi connectivity index (χ2v) is 9.61. The van der Waals surface area contributed by atoms with Gasteiger partial charge in [0, 0.05) is 18.5 Å². The molecule has 1 unspecified atom stereocenters. The predicted octanol–water partition coefficient (Wildman–Crippen LogP) is 4.80. The Hall–Kier alpha value is -3.35. The summed E-state index contributed by atoms with van der Waals surface area (Å²) in [4.78, 5) is 39.4. The highest BCUT2D eigenvalue weighted by molar-refractivity contribution is 5.87. The number of likely N-dealkylation sites (tertiary alicyclic amines) is 1. The van der Waals surface area contributed by atoms with Crippen molar-refractivity contribution < 1.29 is 24.2 Å². The summed E-state index contributed by atoms with van der Waals surface area (Å²) in [5.74, 6) is -1.32. The van der Waals surface area contributed by atoms with Gasteiger partial charge in [-0.25, -0.2) is 4.79 Å². The Morgan fingerprint density at radius 3 is 2.29 bits per heavy atom. The molecule has 2 aromatic rings. The van der Waals surface area contributed by atoms with Gasteiger partial charge in [0.1, 0.15) is 12.6 Å². The number of carboxylic acid groups (broad SMARTS) is 1. The zero-order valence-corrected chi connectivity index (χ0v) is 20.4. The molecule has 1 aliphatic heterocycles. The molecule has 7 nitrogen and oxygen atoms in total. The summed E-state index contributed by atoms with van der Waals surface area (Å²) in [6, 6.07) is 15.2. The summed E-state index contributed by atoms with van der Waals surface area (Å²) in [7, 11) is 0. The standard InChI is InChI=1S/C28H34N2O5/c1-3-18(2)26(27(33)30-15-9-8-10-19(30)16-25(31)32)29-28(34)35-17-24-22-13-6-4-11-20(22)21-12-5-7-14-23(21)24/h4-7,11-14,18-19,24,26H,3,8-10,15-17H2,1-2H3,(H,29,34)(H,31,32)/t18-,19?,26-/m0/s1. The third-order valence-corrected chi connectivity index (χ3v) is 7.42. The maximum absolute atomic E-state index is 13.5. The third kappa shape index (κ3) is 5.34. The second-order valence-electron chi connectivity index (χ2n) is 9.61. The molecule has 0 spiro atoms. The van der Waals surface area contributed by atoms with E-state index >= 15 is 0 Å². The molecule has 2 amide bonds. The SMILES string of the molecule is CC[C@H](C)[C@H](NC(=O)OCC1c2ccccc2-c2ccccc21)C(=O)N1CCCCC1CC(=O)O. The summed E-state index contributed by atoms with van der Waals surface area (Å²) in [5, 5.41) is 12.1. The second kappa shape index (κ2) is 10.9. The zero-order chi connectivity index (χ0) is 24.9. The van der Waals surface area contributed by atoms with Gasteiger partial charge in [-0.15, -0.1) is 0 Å². The summed E-state index contributed by atoms with van der Waals surface area (Å²) in [6.45, 7) is 4.57. The summed E-state index contributed by atoms with van der Waals surface area (Å²) >= 11 is 0. The van der Waals surface area contributed by atoms with Crippen LogP contribution in [0.3, 0.4) is 0 Å². The van der Waals surface area contributed by atoms with Crippen molar-refractivity contribution in [3.63, 3.8) is 0 Å². The highest BCUT2D eigenvalue weighted by Crippen LogP contribution is 2.44. The summed E-state index contributed by atoms with van der Waals surface area (Å²) < 4.78 is 5.68. The molecule has 7 heteroatoms. The number of amides is 2. The van der Waals surface area contributed by atoms with Gasteiger partial charge in [0.05, 0.1) is 6.42 Å². The van der Waals surface area contributed by atoms with Gasteiger partial charge in [-0.05, 0) is 47.4 Å². The molecule has 0 aromatic heterocycles. The van der Waals surface area contributed by atoms with Crippen molar-refractivity contribution in [3.05, 3.63) is 59.7 Å². The first kappa shape index (κ1) is 24.8. The van der Waals surface area contributed by atoms with Crippen molar-refractivity contribution in [2.75, 3.05) is 13.2 Å². The van der Waals surface area contributed by atoms with Gasteiger partial charge in [-0.1, -0.05) is 68.8 Å². The van der Waals surface area contributed by atoms with E-state index < -0.39 is 18.1 Å². The van der Waals surface area contributed by atoms with Crippen LogP contribution in [0, 0.1) is 5.92 Å². The number of nitrogens with zero attached hydrogens (tertiary/aromatic N) is 1.